The lowest BCUT2D eigenvalue weighted by atomic mass is 10.2. The van der Waals surface area contributed by atoms with Gasteiger partial charge in [-0.05, 0) is 43.9 Å². The fraction of sp³-hybridized carbons (Fsp3) is 0.353. The van der Waals surface area contributed by atoms with Gasteiger partial charge < -0.3 is 20.3 Å². The minimum absolute atomic E-state index is 0.691. The first-order valence-corrected chi connectivity index (χ1v) is 7.42. The largest absolute Gasteiger partial charge is 0.492 e. The Morgan fingerprint density at radius 3 is 2.82 bits per heavy atom. The van der Waals surface area contributed by atoms with Gasteiger partial charge in [-0.15, -0.1) is 0 Å². The average molecular weight is 300 g/mol. The zero-order valence-corrected chi connectivity index (χ0v) is 13.5. The minimum Gasteiger partial charge on any atom is -0.492 e. The number of hydrogen-bond donors (Lipinski definition) is 2. The van der Waals surface area contributed by atoms with E-state index in [1.54, 1.807) is 6.20 Å². The number of benzene rings is 1. The highest BCUT2D eigenvalue weighted by molar-refractivity contribution is 5.63. The molecule has 5 heteroatoms. The van der Waals surface area contributed by atoms with E-state index < -0.39 is 0 Å². The Morgan fingerprint density at radius 2 is 2.05 bits per heavy atom. The maximum Gasteiger partial charge on any atom is 0.149 e. The van der Waals surface area contributed by atoms with Crippen LogP contribution in [0.2, 0.25) is 0 Å². The number of pyridine rings is 1. The summed E-state index contributed by atoms with van der Waals surface area (Å²) in [6, 6.07) is 12.1. The highest BCUT2D eigenvalue weighted by Gasteiger charge is 2.02. The zero-order chi connectivity index (χ0) is 15.8. The molecule has 2 N–H and O–H groups in total. The normalized spacial score (nSPS) is 10.5. The molecule has 1 aromatic heterocycles. The van der Waals surface area contributed by atoms with Crippen molar-refractivity contribution in [1.29, 1.82) is 0 Å². The maximum absolute atomic E-state index is 5.76. The van der Waals surface area contributed by atoms with Crippen LogP contribution in [0.25, 0.3) is 0 Å². The van der Waals surface area contributed by atoms with Gasteiger partial charge in [0.2, 0.25) is 0 Å². The summed E-state index contributed by atoms with van der Waals surface area (Å²) in [4.78, 5) is 6.39. The summed E-state index contributed by atoms with van der Waals surface area (Å²) in [5.74, 6) is 1.75. The molecule has 0 saturated carbocycles. The SMILES string of the molecule is CNc1ncccc1NCc1cccc(OCCN(C)C)c1. The van der Waals surface area contributed by atoms with Crippen molar-refractivity contribution in [2.24, 2.45) is 0 Å². The molecule has 0 fully saturated rings. The molecule has 0 saturated heterocycles. The molecule has 0 amide bonds. The van der Waals surface area contributed by atoms with E-state index >= 15 is 0 Å². The van der Waals surface area contributed by atoms with Gasteiger partial charge in [-0.3, -0.25) is 0 Å². The molecule has 0 spiro atoms. The first-order chi connectivity index (χ1) is 10.7. The molecule has 0 atom stereocenters. The van der Waals surface area contributed by atoms with Gasteiger partial charge >= 0.3 is 0 Å². The standard InChI is InChI=1S/C17H24N4O/c1-18-17-16(8-5-9-19-17)20-13-14-6-4-7-15(12-14)22-11-10-21(2)3/h4-9,12,20H,10-11,13H2,1-3H3,(H,18,19). The Bertz CT molecular complexity index is 586. The van der Waals surface area contributed by atoms with Crippen LogP contribution < -0.4 is 15.4 Å². The lowest BCUT2D eigenvalue weighted by Gasteiger charge is -2.13. The molecule has 118 valence electrons. The zero-order valence-electron chi connectivity index (χ0n) is 13.5. The molecule has 0 aliphatic carbocycles. The van der Waals surface area contributed by atoms with Crippen LogP contribution in [0.4, 0.5) is 11.5 Å². The molecule has 5 nitrogen and oxygen atoms in total. The molecule has 2 aromatic rings. The van der Waals surface area contributed by atoms with Gasteiger partial charge in [0.25, 0.3) is 0 Å². The van der Waals surface area contributed by atoms with Crippen LogP contribution >= 0.6 is 0 Å². The van der Waals surface area contributed by atoms with Gasteiger partial charge in [0.15, 0.2) is 0 Å². The van der Waals surface area contributed by atoms with Gasteiger partial charge in [0.1, 0.15) is 18.2 Å². The van der Waals surface area contributed by atoms with E-state index in [-0.39, 0.29) is 0 Å². The van der Waals surface area contributed by atoms with Crippen LogP contribution in [0, 0.1) is 0 Å². The van der Waals surface area contributed by atoms with Gasteiger partial charge in [0.05, 0.1) is 5.69 Å². The summed E-state index contributed by atoms with van der Waals surface area (Å²) in [7, 11) is 5.95. The molecular formula is C17H24N4O. The molecule has 0 unspecified atom stereocenters. The highest BCUT2D eigenvalue weighted by Crippen LogP contribution is 2.19. The molecule has 1 heterocycles. The third-order valence-electron chi connectivity index (χ3n) is 3.23. The summed E-state index contributed by atoms with van der Waals surface area (Å²) in [5.41, 5.74) is 2.16. The first kappa shape index (κ1) is 16.1. The Labute approximate surface area is 132 Å². The number of anilines is 2. The monoisotopic (exact) mass is 300 g/mol. The lowest BCUT2D eigenvalue weighted by molar-refractivity contribution is 0.261. The predicted molar refractivity (Wildman–Crippen MR) is 91.6 cm³/mol. The van der Waals surface area contributed by atoms with Crippen molar-refractivity contribution in [3.8, 4) is 5.75 Å². The number of likely N-dealkylation sites (N-methyl/N-ethyl adjacent to an activating group) is 1. The van der Waals surface area contributed by atoms with Crippen LogP contribution in [0.15, 0.2) is 42.6 Å². The van der Waals surface area contributed by atoms with E-state index in [0.717, 1.165) is 30.3 Å². The molecule has 0 bridgehead atoms. The van der Waals surface area contributed by atoms with Crippen molar-refractivity contribution in [3.63, 3.8) is 0 Å². The second-order valence-corrected chi connectivity index (χ2v) is 5.30. The lowest BCUT2D eigenvalue weighted by Crippen LogP contribution is -2.19. The number of nitrogens with zero attached hydrogens (tertiary/aromatic N) is 2. The van der Waals surface area contributed by atoms with Crippen LogP contribution in [0.3, 0.4) is 0 Å². The Hall–Kier alpha value is -2.27. The van der Waals surface area contributed by atoms with Crippen molar-refractivity contribution < 1.29 is 4.74 Å². The van der Waals surface area contributed by atoms with E-state index in [0.29, 0.717) is 6.61 Å². The molecule has 22 heavy (non-hydrogen) atoms. The number of ether oxygens (including phenoxy) is 1. The molecule has 0 aliphatic rings. The van der Waals surface area contributed by atoms with Crippen molar-refractivity contribution in [1.82, 2.24) is 9.88 Å². The smallest absolute Gasteiger partial charge is 0.149 e. The van der Waals surface area contributed by atoms with Crippen molar-refractivity contribution >= 4 is 11.5 Å². The number of rotatable bonds is 8. The van der Waals surface area contributed by atoms with E-state index in [1.165, 1.54) is 5.56 Å². The van der Waals surface area contributed by atoms with Gasteiger partial charge in [0, 0.05) is 26.3 Å². The average Bonchev–Trinajstić information content (AvgIpc) is 2.53. The van der Waals surface area contributed by atoms with Gasteiger partial charge in [-0.2, -0.15) is 0 Å². The second kappa shape index (κ2) is 8.24. The topological polar surface area (TPSA) is 49.4 Å². The third kappa shape index (κ3) is 4.93. The van der Waals surface area contributed by atoms with E-state index in [9.17, 15) is 0 Å². The summed E-state index contributed by atoms with van der Waals surface area (Å²) in [5, 5.41) is 6.47. The number of aromatic nitrogens is 1. The summed E-state index contributed by atoms with van der Waals surface area (Å²) in [6.45, 7) is 2.32. The van der Waals surface area contributed by atoms with Gasteiger partial charge in [-0.25, -0.2) is 4.98 Å². The number of hydrogen-bond acceptors (Lipinski definition) is 5. The van der Waals surface area contributed by atoms with Crippen LogP contribution in [0.5, 0.6) is 5.75 Å². The second-order valence-electron chi connectivity index (χ2n) is 5.30. The van der Waals surface area contributed by atoms with Crippen molar-refractivity contribution in [3.05, 3.63) is 48.2 Å². The molecule has 0 aliphatic heterocycles. The number of nitrogens with one attached hydrogen (secondary N) is 2. The first-order valence-electron chi connectivity index (χ1n) is 7.42. The summed E-state index contributed by atoms with van der Waals surface area (Å²) < 4.78 is 5.76. The molecule has 2 rings (SSSR count). The Balaban J connectivity index is 1.92. The maximum atomic E-state index is 5.76. The van der Waals surface area contributed by atoms with E-state index in [2.05, 4.69) is 32.7 Å². The Kier molecular flexibility index (Phi) is 6.03. The Morgan fingerprint density at radius 1 is 1.18 bits per heavy atom. The quantitative estimate of drug-likeness (QED) is 0.785. The highest BCUT2D eigenvalue weighted by atomic mass is 16.5. The van der Waals surface area contributed by atoms with Crippen molar-refractivity contribution in [2.45, 2.75) is 6.54 Å². The fourth-order valence-corrected chi connectivity index (χ4v) is 2.04. The van der Waals surface area contributed by atoms with E-state index in [1.807, 2.05) is 45.4 Å². The summed E-state index contributed by atoms with van der Waals surface area (Å²) >= 11 is 0. The van der Waals surface area contributed by atoms with Crippen LogP contribution in [-0.2, 0) is 6.54 Å². The summed E-state index contributed by atoms with van der Waals surface area (Å²) in [6.07, 6.45) is 1.77. The fourth-order valence-electron chi connectivity index (χ4n) is 2.04. The van der Waals surface area contributed by atoms with Crippen LogP contribution in [-0.4, -0.2) is 44.2 Å². The minimum atomic E-state index is 0.691. The molecular weight excluding hydrogens is 276 g/mol. The molecule has 0 radical (unpaired) electrons. The third-order valence-corrected chi connectivity index (χ3v) is 3.23. The predicted octanol–water partition coefficient (Wildman–Crippen LogP) is 2.68. The molecule has 1 aromatic carbocycles. The van der Waals surface area contributed by atoms with Crippen LogP contribution in [0.1, 0.15) is 5.56 Å². The van der Waals surface area contributed by atoms with Crippen molar-refractivity contribution in [2.75, 3.05) is 44.9 Å². The van der Waals surface area contributed by atoms with E-state index in [4.69, 9.17) is 4.74 Å². The van der Waals surface area contributed by atoms with Gasteiger partial charge in [-0.1, -0.05) is 12.1 Å².